The highest BCUT2D eigenvalue weighted by atomic mass is 32.2. The van der Waals surface area contributed by atoms with E-state index in [2.05, 4.69) is 11.6 Å². The van der Waals surface area contributed by atoms with Gasteiger partial charge in [0.05, 0.1) is 15.1 Å². The molecule has 8 nitrogen and oxygen atoms in total. The second kappa shape index (κ2) is 9.29. The number of amides is 1. The van der Waals surface area contributed by atoms with Crippen LogP contribution < -0.4 is 14.3 Å². The van der Waals surface area contributed by atoms with Crippen molar-refractivity contribution in [1.82, 2.24) is 8.87 Å². The first-order chi connectivity index (χ1) is 17.9. The molecule has 6 rings (SSSR count). The van der Waals surface area contributed by atoms with Crippen LogP contribution in [0.25, 0.3) is 10.2 Å². The molecule has 0 bridgehead atoms. The van der Waals surface area contributed by atoms with Gasteiger partial charge in [0.15, 0.2) is 16.3 Å². The third-order valence-electron chi connectivity index (χ3n) is 6.52. The number of hydrogen-bond acceptors (Lipinski definition) is 6. The van der Waals surface area contributed by atoms with Crippen LogP contribution in [0.5, 0.6) is 11.5 Å². The van der Waals surface area contributed by atoms with E-state index in [1.54, 1.807) is 6.08 Å². The molecule has 4 aromatic rings. The minimum absolute atomic E-state index is 0.154. The molecule has 3 heterocycles. The molecule has 188 valence electrons. The van der Waals surface area contributed by atoms with E-state index in [0.29, 0.717) is 47.9 Å². The minimum Gasteiger partial charge on any atom is -0.454 e. The average Bonchev–Trinajstić information content (AvgIpc) is 3.51. The van der Waals surface area contributed by atoms with Crippen LogP contribution in [0.3, 0.4) is 0 Å². The lowest BCUT2D eigenvalue weighted by Crippen LogP contribution is -2.35. The maximum Gasteiger partial charge on any atom is 0.279 e. The second-order valence-corrected chi connectivity index (χ2v) is 11.7. The SMILES string of the molecule is C=CCn1c(=NC(=O)c2ccc(S(=O)(=O)N3CCc4ccccc4C3)cc2)sc2cc3c(cc21)OCO3. The standard InChI is InChI=1S/C27H23N3O5S2/c1-2-12-30-22-14-23-24(35-17-34-23)15-25(22)36-27(30)28-26(31)19-7-9-21(10-8-19)37(32,33)29-13-11-18-5-3-4-6-20(18)16-29/h2-10,14-15H,1,11-13,16-17H2. The summed E-state index contributed by atoms with van der Waals surface area (Å²) in [7, 11) is -3.69. The first-order valence-corrected chi connectivity index (χ1v) is 14.0. The number of allylic oxidation sites excluding steroid dienone is 1. The largest absolute Gasteiger partial charge is 0.454 e. The van der Waals surface area contributed by atoms with Gasteiger partial charge in [-0.2, -0.15) is 9.30 Å². The fourth-order valence-electron chi connectivity index (χ4n) is 4.60. The van der Waals surface area contributed by atoms with Crippen molar-refractivity contribution >= 4 is 37.5 Å². The van der Waals surface area contributed by atoms with Gasteiger partial charge in [0.1, 0.15) is 0 Å². The molecule has 2 aliphatic heterocycles. The van der Waals surface area contributed by atoms with Gasteiger partial charge in [0.25, 0.3) is 5.91 Å². The van der Waals surface area contributed by atoms with Crippen molar-refractivity contribution in [2.45, 2.75) is 24.4 Å². The third kappa shape index (κ3) is 4.26. The molecule has 1 aromatic heterocycles. The van der Waals surface area contributed by atoms with E-state index in [-0.39, 0.29) is 11.7 Å². The molecule has 0 saturated carbocycles. The van der Waals surface area contributed by atoms with Crippen LogP contribution in [0.4, 0.5) is 0 Å². The number of nitrogens with zero attached hydrogens (tertiary/aromatic N) is 3. The van der Waals surface area contributed by atoms with Gasteiger partial charge in [-0.05, 0) is 41.8 Å². The highest BCUT2D eigenvalue weighted by molar-refractivity contribution is 7.89. The van der Waals surface area contributed by atoms with Gasteiger partial charge in [-0.25, -0.2) is 8.42 Å². The van der Waals surface area contributed by atoms with Crippen molar-refractivity contribution in [2.75, 3.05) is 13.3 Å². The van der Waals surface area contributed by atoms with Crippen LogP contribution in [0, 0.1) is 0 Å². The molecule has 0 N–H and O–H groups in total. The predicted molar refractivity (Wildman–Crippen MR) is 140 cm³/mol. The van der Waals surface area contributed by atoms with E-state index in [1.165, 1.54) is 45.5 Å². The van der Waals surface area contributed by atoms with Gasteiger partial charge in [-0.3, -0.25) is 4.79 Å². The predicted octanol–water partition coefficient (Wildman–Crippen LogP) is 4.11. The molecular weight excluding hydrogens is 510 g/mol. The van der Waals surface area contributed by atoms with E-state index in [9.17, 15) is 13.2 Å². The first kappa shape index (κ1) is 23.7. The summed E-state index contributed by atoms with van der Waals surface area (Å²) in [5.41, 5.74) is 3.36. The molecule has 0 spiro atoms. The molecular formula is C27H23N3O5S2. The smallest absolute Gasteiger partial charge is 0.279 e. The lowest BCUT2D eigenvalue weighted by molar-refractivity contribution is 0.0997. The first-order valence-electron chi connectivity index (χ1n) is 11.7. The Hall–Kier alpha value is -3.73. The van der Waals surface area contributed by atoms with Crippen LogP contribution in [0.15, 0.2) is 83.2 Å². The molecule has 0 aliphatic carbocycles. The van der Waals surface area contributed by atoms with E-state index in [0.717, 1.165) is 15.8 Å². The maximum absolute atomic E-state index is 13.3. The van der Waals surface area contributed by atoms with Crippen molar-refractivity contribution in [2.24, 2.45) is 4.99 Å². The Morgan fingerprint density at radius 3 is 2.54 bits per heavy atom. The van der Waals surface area contributed by atoms with Crippen LogP contribution in [0.1, 0.15) is 21.5 Å². The Kier molecular flexibility index (Phi) is 5.94. The number of carbonyl (C=O) groups is 1. The molecule has 2 aliphatic rings. The van der Waals surface area contributed by atoms with Gasteiger partial charge >= 0.3 is 0 Å². The molecule has 0 atom stereocenters. The third-order valence-corrected chi connectivity index (χ3v) is 9.42. The summed E-state index contributed by atoms with van der Waals surface area (Å²) in [6.07, 6.45) is 2.41. The van der Waals surface area contributed by atoms with Crippen molar-refractivity contribution in [1.29, 1.82) is 0 Å². The average molecular weight is 534 g/mol. The molecule has 37 heavy (non-hydrogen) atoms. The topological polar surface area (TPSA) is 90.2 Å². The Morgan fingerprint density at radius 1 is 1.05 bits per heavy atom. The second-order valence-electron chi connectivity index (χ2n) is 8.76. The summed E-state index contributed by atoms with van der Waals surface area (Å²) < 4.78 is 41.8. The molecule has 1 amide bonds. The van der Waals surface area contributed by atoms with Crippen LogP contribution in [-0.4, -0.2) is 36.5 Å². The number of benzene rings is 3. The number of rotatable bonds is 5. The number of aromatic nitrogens is 1. The van der Waals surface area contributed by atoms with Crippen molar-refractivity contribution in [3.63, 3.8) is 0 Å². The summed E-state index contributed by atoms with van der Waals surface area (Å²) in [5.74, 6) is 0.849. The number of carbonyl (C=O) groups excluding carboxylic acids is 1. The fraction of sp³-hybridized carbons (Fsp3) is 0.185. The van der Waals surface area contributed by atoms with Gasteiger partial charge < -0.3 is 14.0 Å². The molecule has 3 aromatic carbocycles. The van der Waals surface area contributed by atoms with Gasteiger partial charge in [0.2, 0.25) is 16.8 Å². The number of thiazole rings is 1. The summed E-state index contributed by atoms with van der Waals surface area (Å²) in [6, 6.07) is 17.6. The van der Waals surface area contributed by atoms with E-state index < -0.39 is 15.9 Å². The van der Waals surface area contributed by atoms with Crippen LogP contribution in [0.2, 0.25) is 0 Å². The van der Waals surface area contributed by atoms with Crippen LogP contribution in [-0.2, 0) is 29.5 Å². The lowest BCUT2D eigenvalue weighted by atomic mass is 10.0. The van der Waals surface area contributed by atoms with E-state index in [1.807, 2.05) is 41.0 Å². The number of hydrogen-bond donors (Lipinski definition) is 0. The molecule has 0 radical (unpaired) electrons. The number of ether oxygens (including phenoxy) is 2. The summed E-state index contributed by atoms with van der Waals surface area (Å²) >= 11 is 1.36. The minimum atomic E-state index is -3.69. The van der Waals surface area contributed by atoms with E-state index in [4.69, 9.17) is 9.47 Å². The van der Waals surface area contributed by atoms with Crippen LogP contribution >= 0.6 is 11.3 Å². The zero-order valence-corrected chi connectivity index (χ0v) is 21.4. The molecule has 0 saturated heterocycles. The Bertz CT molecular complexity index is 1720. The monoisotopic (exact) mass is 533 g/mol. The van der Waals surface area contributed by atoms with Gasteiger partial charge in [0, 0.05) is 37.3 Å². The summed E-state index contributed by atoms with van der Waals surface area (Å²) in [5, 5.41) is 0. The summed E-state index contributed by atoms with van der Waals surface area (Å²) in [6.45, 7) is 5.22. The van der Waals surface area contributed by atoms with Crippen molar-refractivity contribution in [3.05, 3.63) is 94.8 Å². The number of sulfonamides is 1. The van der Waals surface area contributed by atoms with Crippen molar-refractivity contribution < 1.29 is 22.7 Å². The molecule has 0 unspecified atom stereocenters. The maximum atomic E-state index is 13.3. The quantitative estimate of drug-likeness (QED) is 0.360. The molecule has 0 fully saturated rings. The van der Waals surface area contributed by atoms with Gasteiger partial charge in [-0.1, -0.05) is 41.7 Å². The van der Waals surface area contributed by atoms with Crippen molar-refractivity contribution in [3.8, 4) is 11.5 Å². The highest BCUT2D eigenvalue weighted by Gasteiger charge is 2.28. The lowest BCUT2D eigenvalue weighted by Gasteiger charge is -2.28. The summed E-state index contributed by atoms with van der Waals surface area (Å²) in [4.78, 5) is 18.0. The Morgan fingerprint density at radius 2 is 1.78 bits per heavy atom. The fourth-order valence-corrected chi connectivity index (χ4v) is 7.06. The Balaban J connectivity index is 1.28. The van der Waals surface area contributed by atoms with E-state index >= 15 is 0 Å². The van der Waals surface area contributed by atoms with Gasteiger partial charge in [-0.15, -0.1) is 6.58 Å². The normalized spacial score (nSPS) is 15.6. The number of fused-ring (bicyclic) bond motifs is 3. The Labute approximate surface area is 217 Å². The zero-order valence-electron chi connectivity index (χ0n) is 19.8. The molecule has 10 heteroatoms. The zero-order chi connectivity index (χ0) is 25.6. The highest BCUT2D eigenvalue weighted by Crippen LogP contribution is 2.37.